The average Bonchev–Trinajstić information content (AvgIpc) is 2.15. The van der Waals surface area contributed by atoms with Crippen molar-refractivity contribution in [2.75, 3.05) is 0 Å². The second-order valence-electron chi connectivity index (χ2n) is 3.04. The highest BCUT2D eigenvalue weighted by Crippen LogP contribution is 2.04. The Morgan fingerprint density at radius 1 is 1.36 bits per heavy atom. The van der Waals surface area contributed by atoms with Gasteiger partial charge in [0.1, 0.15) is 0 Å². The highest BCUT2D eigenvalue weighted by molar-refractivity contribution is 5.66. The van der Waals surface area contributed by atoms with Crippen molar-refractivity contribution >= 4 is 5.97 Å². The largest absolute Gasteiger partial charge is 0.481 e. The lowest BCUT2D eigenvalue weighted by Crippen LogP contribution is -2.32. The molecule has 0 saturated heterocycles. The third-order valence-corrected chi connectivity index (χ3v) is 1.80. The average molecular weight is 205 g/mol. The Morgan fingerprint density at radius 3 is 2.21 bits per heavy atom. The second kappa shape index (κ2) is 10.5. The topological polar surface area (TPSA) is 83.5 Å². The molecule has 0 aromatic carbocycles. The van der Waals surface area contributed by atoms with Gasteiger partial charge in [-0.05, 0) is 19.8 Å². The fourth-order valence-corrected chi connectivity index (χ4v) is 0.897. The maximum Gasteiger partial charge on any atom is 0.303 e. The van der Waals surface area contributed by atoms with E-state index in [1.165, 1.54) is 0 Å². The van der Waals surface area contributed by atoms with Gasteiger partial charge in [-0.25, -0.2) is 0 Å². The number of unbranched alkanes of at least 4 members (excludes halogenated alkanes) is 1. The van der Waals surface area contributed by atoms with Gasteiger partial charge in [0.15, 0.2) is 0 Å². The fraction of sp³-hybridized carbons (Fsp3) is 0.900. The maximum atomic E-state index is 10.1. The van der Waals surface area contributed by atoms with Crippen LogP contribution >= 0.6 is 0 Å². The van der Waals surface area contributed by atoms with Gasteiger partial charge in [-0.2, -0.15) is 0 Å². The minimum Gasteiger partial charge on any atom is -0.481 e. The summed E-state index contributed by atoms with van der Waals surface area (Å²) in [6.07, 6.45) is 1.76. The zero-order valence-electron chi connectivity index (χ0n) is 9.36. The molecule has 0 heterocycles. The van der Waals surface area contributed by atoms with Crippen LogP contribution in [0.15, 0.2) is 0 Å². The molecule has 2 atom stereocenters. The Hall–Kier alpha value is -0.610. The molecule has 0 fully saturated rings. The molecule has 4 nitrogen and oxygen atoms in total. The van der Waals surface area contributed by atoms with Crippen LogP contribution in [-0.2, 0) is 4.79 Å². The number of hydrogen-bond acceptors (Lipinski definition) is 3. The molecule has 0 aliphatic rings. The van der Waals surface area contributed by atoms with Gasteiger partial charge in [-0.15, -0.1) is 0 Å². The summed E-state index contributed by atoms with van der Waals surface area (Å²) in [5.74, 6) is -0.777. The standard InChI is InChI=1S/C8H17NO3.C2H6/c1-6(10)7(9)4-2-3-5-8(11)12;1-2/h6-7,10H,2-5,9H2,1H3,(H,11,12);1-2H3/t6-,7-;/m0./s1. The van der Waals surface area contributed by atoms with Crippen molar-refractivity contribution in [3.63, 3.8) is 0 Å². The number of carboxylic acid groups (broad SMARTS) is 1. The lowest BCUT2D eigenvalue weighted by Gasteiger charge is -2.13. The van der Waals surface area contributed by atoms with Crippen LogP contribution in [-0.4, -0.2) is 28.3 Å². The third-order valence-electron chi connectivity index (χ3n) is 1.80. The van der Waals surface area contributed by atoms with Crippen molar-refractivity contribution in [2.45, 2.75) is 58.6 Å². The van der Waals surface area contributed by atoms with Gasteiger partial charge in [0.05, 0.1) is 6.10 Å². The molecular weight excluding hydrogens is 182 g/mol. The first-order valence-corrected chi connectivity index (χ1v) is 5.19. The highest BCUT2D eigenvalue weighted by atomic mass is 16.4. The SMILES string of the molecule is CC.C[C@H](O)[C@@H](N)CCCCC(=O)O. The van der Waals surface area contributed by atoms with Crippen LogP contribution in [0.4, 0.5) is 0 Å². The number of rotatable bonds is 6. The Bertz CT molecular complexity index is 137. The summed E-state index contributed by atoms with van der Waals surface area (Å²) in [5.41, 5.74) is 5.54. The maximum absolute atomic E-state index is 10.1. The number of carboxylic acids is 1. The molecule has 4 N–H and O–H groups in total. The first kappa shape index (κ1) is 15.8. The number of hydrogen-bond donors (Lipinski definition) is 3. The second-order valence-corrected chi connectivity index (χ2v) is 3.04. The predicted octanol–water partition coefficient (Wildman–Crippen LogP) is 1.37. The number of aliphatic carboxylic acids is 1. The lowest BCUT2D eigenvalue weighted by atomic mass is 10.1. The van der Waals surface area contributed by atoms with E-state index in [1.807, 2.05) is 13.8 Å². The summed E-state index contributed by atoms with van der Waals surface area (Å²) in [7, 11) is 0. The summed E-state index contributed by atoms with van der Waals surface area (Å²) < 4.78 is 0. The zero-order valence-corrected chi connectivity index (χ0v) is 9.36. The van der Waals surface area contributed by atoms with E-state index in [9.17, 15) is 4.79 Å². The molecule has 0 rings (SSSR count). The van der Waals surface area contributed by atoms with E-state index in [1.54, 1.807) is 6.92 Å². The first-order chi connectivity index (χ1) is 6.54. The molecule has 0 aliphatic carbocycles. The third kappa shape index (κ3) is 11.4. The summed E-state index contributed by atoms with van der Waals surface area (Å²) in [5, 5.41) is 17.3. The van der Waals surface area contributed by atoms with Gasteiger partial charge in [0, 0.05) is 12.5 Å². The molecule has 0 spiro atoms. The number of carbonyl (C=O) groups is 1. The molecule has 0 aliphatic heterocycles. The van der Waals surface area contributed by atoms with E-state index in [0.717, 1.165) is 6.42 Å². The first-order valence-electron chi connectivity index (χ1n) is 5.19. The van der Waals surface area contributed by atoms with Gasteiger partial charge in [-0.3, -0.25) is 4.79 Å². The fourth-order valence-electron chi connectivity index (χ4n) is 0.897. The summed E-state index contributed by atoms with van der Waals surface area (Å²) in [6.45, 7) is 5.64. The molecule has 0 unspecified atom stereocenters. The summed E-state index contributed by atoms with van der Waals surface area (Å²) in [6, 6.07) is -0.223. The lowest BCUT2D eigenvalue weighted by molar-refractivity contribution is -0.137. The van der Waals surface area contributed by atoms with Crippen LogP contribution in [0.5, 0.6) is 0 Å². The van der Waals surface area contributed by atoms with Crippen LogP contribution < -0.4 is 5.73 Å². The number of aliphatic hydroxyl groups is 1. The molecule has 0 amide bonds. The van der Waals surface area contributed by atoms with Crippen LogP contribution in [0.2, 0.25) is 0 Å². The minimum atomic E-state index is -0.777. The van der Waals surface area contributed by atoms with Crippen molar-refractivity contribution in [3.05, 3.63) is 0 Å². The van der Waals surface area contributed by atoms with Crippen molar-refractivity contribution in [2.24, 2.45) is 5.73 Å². The molecular formula is C10H23NO3. The van der Waals surface area contributed by atoms with Gasteiger partial charge >= 0.3 is 5.97 Å². The Kier molecular flexibility index (Phi) is 11.9. The molecule has 4 heteroatoms. The molecule has 0 radical (unpaired) electrons. The van der Waals surface area contributed by atoms with Crippen LogP contribution in [0.1, 0.15) is 46.5 Å². The molecule has 14 heavy (non-hydrogen) atoms. The summed E-state index contributed by atoms with van der Waals surface area (Å²) >= 11 is 0. The Labute approximate surface area is 86.1 Å². The van der Waals surface area contributed by atoms with E-state index in [4.69, 9.17) is 15.9 Å². The molecule has 0 aromatic rings. The van der Waals surface area contributed by atoms with Crippen molar-refractivity contribution in [1.29, 1.82) is 0 Å². The van der Waals surface area contributed by atoms with Crippen LogP contribution in [0.3, 0.4) is 0 Å². The molecule has 86 valence electrons. The normalized spacial score (nSPS) is 13.8. The van der Waals surface area contributed by atoms with E-state index >= 15 is 0 Å². The Morgan fingerprint density at radius 2 is 1.86 bits per heavy atom. The Balaban J connectivity index is 0. The van der Waals surface area contributed by atoms with E-state index < -0.39 is 12.1 Å². The smallest absolute Gasteiger partial charge is 0.303 e. The van der Waals surface area contributed by atoms with Gasteiger partial charge in [-0.1, -0.05) is 20.3 Å². The van der Waals surface area contributed by atoms with E-state index in [-0.39, 0.29) is 12.5 Å². The van der Waals surface area contributed by atoms with Gasteiger partial charge in [0.2, 0.25) is 0 Å². The number of aliphatic hydroxyl groups excluding tert-OH is 1. The van der Waals surface area contributed by atoms with Crippen molar-refractivity contribution in [1.82, 2.24) is 0 Å². The summed E-state index contributed by atoms with van der Waals surface area (Å²) in [4.78, 5) is 10.1. The quantitative estimate of drug-likeness (QED) is 0.572. The number of nitrogens with two attached hydrogens (primary N) is 1. The monoisotopic (exact) mass is 205 g/mol. The highest BCUT2D eigenvalue weighted by Gasteiger charge is 2.08. The van der Waals surface area contributed by atoms with E-state index in [0.29, 0.717) is 12.8 Å². The van der Waals surface area contributed by atoms with Crippen LogP contribution in [0, 0.1) is 0 Å². The van der Waals surface area contributed by atoms with Crippen LogP contribution in [0.25, 0.3) is 0 Å². The zero-order chi connectivity index (χ0) is 11.6. The van der Waals surface area contributed by atoms with Crippen molar-refractivity contribution in [3.8, 4) is 0 Å². The van der Waals surface area contributed by atoms with Gasteiger partial charge < -0.3 is 15.9 Å². The minimum absolute atomic E-state index is 0.187. The van der Waals surface area contributed by atoms with E-state index in [2.05, 4.69) is 0 Å². The molecule has 0 aromatic heterocycles. The predicted molar refractivity (Wildman–Crippen MR) is 57.1 cm³/mol. The molecule has 0 bridgehead atoms. The van der Waals surface area contributed by atoms with Crippen molar-refractivity contribution < 1.29 is 15.0 Å². The molecule has 0 saturated carbocycles. The van der Waals surface area contributed by atoms with Gasteiger partial charge in [0.25, 0.3) is 0 Å².